The van der Waals surface area contributed by atoms with E-state index in [4.69, 9.17) is 13.3 Å². The largest absolute Gasteiger partial charge is 0.456 e. The van der Waals surface area contributed by atoms with Crippen LogP contribution in [0.5, 0.6) is 0 Å². The van der Waals surface area contributed by atoms with Gasteiger partial charge in [0.15, 0.2) is 0 Å². The summed E-state index contributed by atoms with van der Waals surface area (Å²) in [6, 6.07) is 79.2. The Labute approximate surface area is 368 Å². The first-order chi connectivity index (χ1) is 31.7. The van der Waals surface area contributed by atoms with Crippen LogP contribution in [-0.2, 0) is 0 Å². The Balaban J connectivity index is 0.915. The van der Waals surface area contributed by atoms with Crippen molar-refractivity contribution in [2.45, 2.75) is 0 Å². The van der Waals surface area contributed by atoms with Crippen molar-refractivity contribution in [2.24, 2.45) is 0 Å². The molecule has 0 aliphatic carbocycles. The molecule has 0 unspecified atom stereocenters. The molecule has 4 nitrogen and oxygen atoms in total. The molecule has 3 aromatic heterocycles. The molecule has 0 spiro atoms. The molecule has 13 rings (SSSR count). The van der Waals surface area contributed by atoms with Gasteiger partial charge in [0.05, 0.1) is 0 Å². The van der Waals surface area contributed by atoms with E-state index in [0.717, 1.165) is 127 Å². The van der Waals surface area contributed by atoms with Gasteiger partial charge in [0, 0.05) is 54.9 Å². The molecule has 0 amide bonds. The maximum absolute atomic E-state index is 6.51. The maximum Gasteiger partial charge on any atom is 0.143 e. The summed E-state index contributed by atoms with van der Waals surface area (Å²) < 4.78 is 19.0. The van der Waals surface area contributed by atoms with Gasteiger partial charge in [-0.25, -0.2) is 0 Å². The molecule has 0 atom stereocenters. The zero-order valence-corrected chi connectivity index (χ0v) is 34.5. The van der Waals surface area contributed by atoms with Gasteiger partial charge >= 0.3 is 0 Å². The lowest BCUT2D eigenvalue weighted by Gasteiger charge is -2.26. The number of anilines is 3. The van der Waals surface area contributed by atoms with Crippen molar-refractivity contribution in [3.63, 3.8) is 0 Å². The molecule has 13 aromatic rings. The first kappa shape index (κ1) is 36.1. The van der Waals surface area contributed by atoms with E-state index in [9.17, 15) is 0 Å². The summed E-state index contributed by atoms with van der Waals surface area (Å²) in [5.74, 6) is 0. The highest BCUT2D eigenvalue weighted by Gasteiger charge is 2.19. The lowest BCUT2D eigenvalue weighted by atomic mass is 9.93. The van der Waals surface area contributed by atoms with Gasteiger partial charge in [0.1, 0.15) is 33.5 Å². The molecule has 0 radical (unpaired) electrons. The van der Waals surface area contributed by atoms with Crippen LogP contribution in [0.2, 0.25) is 0 Å². The smallest absolute Gasteiger partial charge is 0.143 e. The van der Waals surface area contributed by atoms with E-state index < -0.39 is 0 Å². The van der Waals surface area contributed by atoms with Crippen molar-refractivity contribution < 1.29 is 13.3 Å². The van der Waals surface area contributed by atoms with Gasteiger partial charge < -0.3 is 18.2 Å². The second-order valence-electron chi connectivity index (χ2n) is 16.4. The molecule has 0 aliphatic heterocycles. The molecule has 4 heteroatoms. The molecule has 0 N–H and O–H groups in total. The third-order valence-corrected chi connectivity index (χ3v) is 12.7. The van der Waals surface area contributed by atoms with Crippen LogP contribution in [0.25, 0.3) is 110 Å². The molecular formula is C60H37NO3. The molecule has 64 heavy (non-hydrogen) atoms. The second-order valence-corrected chi connectivity index (χ2v) is 16.4. The van der Waals surface area contributed by atoms with Gasteiger partial charge in [-0.1, -0.05) is 158 Å². The summed E-state index contributed by atoms with van der Waals surface area (Å²) in [5.41, 5.74) is 17.5. The summed E-state index contributed by atoms with van der Waals surface area (Å²) in [7, 11) is 0. The van der Waals surface area contributed by atoms with Crippen LogP contribution in [-0.4, -0.2) is 0 Å². The van der Waals surface area contributed by atoms with Crippen molar-refractivity contribution in [1.29, 1.82) is 0 Å². The van der Waals surface area contributed by atoms with Crippen molar-refractivity contribution >= 4 is 82.9 Å². The van der Waals surface area contributed by atoms with Gasteiger partial charge in [-0.15, -0.1) is 0 Å². The predicted octanol–water partition coefficient (Wildman–Crippen LogP) is 17.5. The lowest BCUT2D eigenvalue weighted by molar-refractivity contribution is 0.668. The van der Waals surface area contributed by atoms with Crippen LogP contribution in [0, 0.1) is 0 Å². The Morgan fingerprint density at radius 3 is 1.12 bits per heavy atom. The second kappa shape index (κ2) is 14.5. The number of para-hydroxylation sites is 4. The van der Waals surface area contributed by atoms with Crippen molar-refractivity contribution in [3.8, 4) is 44.5 Å². The highest BCUT2D eigenvalue weighted by molar-refractivity contribution is 6.14. The topological polar surface area (TPSA) is 42.7 Å². The summed E-state index contributed by atoms with van der Waals surface area (Å²) in [5, 5.41) is 6.75. The fraction of sp³-hybridized carbons (Fsp3) is 0. The van der Waals surface area contributed by atoms with E-state index in [-0.39, 0.29) is 0 Å². The highest BCUT2D eigenvalue weighted by Crippen LogP contribution is 2.44. The Morgan fingerprint density at radius 2 is 0.594 bits per heavy atom. The fourth-order valence-electron chi connectivity index (χ4n) is 9.78. The minimum Gasteiger partial charge on any atom is -0.456 e. The van der Waals surface area contributed by atoms with E-state index in [1.54, 1.807) is 0 Å². The van der Waals surface area contributed by atoms with Gasteiger partial charge in [-0.2, -0.15) is 0 Å². The molecular weight excluding hydrogens is 783 g/mol. The molecule has 0 aliphatic rings. The molecule has 300 valence electrons. The lowest BCUT2D eigenvalue weighted by Crippen LogP contribution is -2.09. The van der Waals surface area contributed by atoms with Crippen molar-refractivity contribution in [2.75, 3.05) is 4.90 Å². The molecule has 0 fully saturated rings. The number of benzene rings is 10. The van der Waals surface area contributed by atoms with Crippen LogP contribution < -0.4 is 4.90 Å². The number of nitrogens with zero attached hydrogens (tertiary/aromatic N) is 1. The van der Waals surface area contributed by atoms with Crippen molar-refractivity contribution in [1.82, 2.24) is 0 Å². The summed E-state index contributed by atoms with van der Waals surface area (Å²) >= 11 is 0. The normalized spacial score (nSPS) is 11.8. The average Bonchev–Trinajstić information content (AvgIpc) is 4.06. The van der Waals surface area contributed by atoms with Gasteiger partial charge in [0.25, 0.3) is 0 Å². The molecule has 0 saturated carbocycles. The number of furan rings is 3. The van der Waals surface area contributed by atoms with E-state index in [2.05, 4.69) is 193 Å². The van der Waals surface area contributed by atoms with Crippen LogP contribution in [0.1, 0.15) is 0 Å². The zero-order chi connectivity index (χ0) is 42.1. The Morgan fingerprint density at radius 1 is 0.234 bits per heavy atom. The third-order valence-electron chi connectivity index (χ3n) is 12.7. The third kappa shape index (κ3) is 5.77. The van der Waals surface area contributed by atoms with Crippen molar-refractivity contribution in [3.05, 3.63) is 224 Å². The minimum absolute atomic E-state index is 0.888. The maximum atomic E-state index is 6.51. The van der Waals surface area contributed by atoms with Crippen LogP contribution >= 0.6 is 0 Å². The fourth-order valence-corrected chi connectivity index (χ4v) is 9.78. The number of fused-ring (bicyclic) bond motifs is 9. The predicted molar refractivity (Wildman–Crippen MR) is 265 cm³/mol. The molecule has 0 bridgehead atoms. The summed E-state index contributed by atoms with van der Waals surface area (Å²) in [4.78, 5) is 2.33. The van der Waals surface area contributed by atoms with Gasteiger partial charge in [-0.3, -0.25) is 0 Å². The molecule has 3 heterocycles. The zero-order valence-electron chi connectivity index (χ0n) is 34.5. The first-order valence-corrected chi connectivity index (χ1v) is 21.7. The van der Waals surface area contributed by atoms with E-state index >= 15 is 0 Å². The minimum atomic E-state index is 0.888. The number of rotatable bonds is 7. The van der Waals surface area contributed by atoms with E-state index in [1.165, 1.54) is 0 Å². The van der Waals surface area contributed by atoms with Crippen LogP contribution in [0.4, 0.5) is 17.1 Å². The number of hydrogen-bond acceptors (Lipinski definition) is 4. The monoisotopic (exact) mass is 819 g/mol. The van der Waals surface area contributed by atoms with Gasteiger partial charge in [0.2, 0.25) is 0 Å². The number of hydrogen-bond donors (Lipinski definition) is 0. The van der Waals surface area contributed by atoms with Crippen LogP contribution in [0.15, 0.2) is 238 Å². The Kier molecular flexibility index (Phi) is 8.18. The van der Waals surface area contributed by atoms with Gasteiger partial charge in [-0.05, 0) is 106 Å². The molecule has 10 aromatic carbocycles. The van der Waals surface area contributed by atoms with E-state index in [0.29, 0.717) is 0 Å². The van der Waals surface area contributed by atoms with E-state index in [1.807, 2.05) is 36.4 Å². The van der Waals surface area contributed by atoms with Crippen LogP contribution in [0.3, 0.4) is 0 Å². The highest BCUT2D eigenvalue weighted by atomic mass is 16.3. The Hall–Kier alpha value is -8.60. The standard InChI is InChI=1S/C60H37NO3/c1-2-13-47(49-19-9-20-50-48-14-3-6-21-53(48)64-60(49)50)44(12-1)38-26-32-41(33-27-38)61(42-34-28-39(29-35-42)45-17-10-24-56-58(45)51-15-4-7-22-54(51)62-56)43-36-30-40(31-37-43)46-18-11-25-57-59(46)52-16-5-8-23-55(52)63-57/h1-37H. The SMILES string of the molecule is c1ccc(-c2cccc3c2oc2ccccc23)c(-c2ccc(N(c3ccc(-c4cccc5oc6ccccc6c45)cc3)c3ccc(-c4cccc5oc6ccccc6c45)cc3)cc2)c1. The quantitative estimate of drug-likeness (QED) is 0.161. The first-order valence-electron chi connectivity index (χ1n) is 21.7. The summed E-state index contributed by atoms with van der Waals surface area (Å²) in [6.45, 7) is 0. The Bertz CT molecular complexity index is 3730. The summed E-state index contributed by atoms with van der Waals surface area (Å²) in [6.07, 6.45) is 0. The molecule has 0 saturated heterocycles. The average molecular weight is 820 g/mol.